The van der Waals surface area contributed by atoms with Crippen molar-refractivity contribution in [3.63, 3.8) is 0 Å². The van der Waals surface area contributed by atoms with E-state index in [0.717, 1.165) is 11.0 Å². The van der Waals surface area contributed by atoms with Gasteiger partial charge in [0.05, 0.1) is 16.6 Å². The Bertz CT molecular complexity index is 484. The average Bonchev–Trinajstić information content (AvgIpc) is 2.58. The molecule has 0 aliphatic rings. The molecule has 2 N–H and O–H groups in total. The molecule has 3 heteroatoms. The van der Waals surface area contributed by atoms with Gasteiger partial charge in [-0.3, -0.25) is 0 Å². The highest BCUT2D eigenvalue weighted by Gasteiger charge is 2.14. The standard InChI is InChI=1S/C12H13N3/c1-4-12(2,3)15-11-13-9-7-5-6-8-10(9)14-11/h1,5-8H,2-3H3,(H2,13,14,15). The fourth-order valence-electron chi connectivity index (χ4n) is 1.34. The molecule has 3 nitrogen and oxygen atoms in total. The van der Waals surface area contributed by atoms with Gasteiger partial charge in [0.15, 0.2) is 0 Å². The van der Waals surface area contributed by atoms with Crippen molar-refractivity contribution in [1.29, 1.82) is 0 Å². The van der Waals surface area contributed by atoms with Crippen LogP contribution in [0.3, 0.4) is 0 Å². The van der Waals surface area contributed by atoms with Crippen LogP contribution in [-0.2, 0) is 0 Å². The molecule has 1 aromatic carbocycles. The molecule has 0 aliphatic heterocycles. The quantitative estimate of drug-likeness (QED) is 0.729. The van der Waals surface area contributed by atoms with Gasteiger partial charge in [-0.1, -0.05) is 18.1 Å². The Balaban J connectivity index is 2.35. The van der Waals surface area contributed by atoms with Gasteiger partial charge >= 0.3 is 0 Å². The van der Waals surface area contributed by atoms with Crippen molar-refractivity contribution in [2.45, 2.75) is 19.4 Å². The number of imidazole rings is 1. The molecule has 0 unspecified atom stereocenters. The van der Waals surface area contributed by atoms with E-state index in [4.69, 9.17) is 6.42 Å². The number of terminal acetylenes is 1. The number of aromatic nitrogens is 2. The molecule has 15 heavy (non-hydrogen) atoms. The zero-order chi connectivity index (χ0) is 10.9. The minimum absolute atomic E-state index is 0.395. The van der Waals surface area contributed by atoms with Crippen LogP contribution in [0.2, 0.25) is 0 Å². The van der Waals surface area contributed by atoms with Gasteiger partial charge in [0.2, 0.25) is 5.95 Å². The van der Waals surface area contributed by atoms with Gasteiger partial charge in [0, 0.05) is 0 Å². The Morgan fingerprint density at radius 1 is 1.40 bits per heavy atom. The number of benzene rings is 1. The molecule has 2 rings (SSSR count). The number of para-hydroxylation sites is 2. The number of H-pyrrole nitrogens is 1. The lowest BCUT2D eigenvalue weighted by Gasteiger charge is -2.18. The lowest BCUT2D eigenvalue weighted by atomic mass is 10.1. The Kier molecular flexibility index (Phi) is 2.12. The number of fused-ring (bicyclic) bond motifs is 1. The van der Waals surface area contributed by atoms with Crippen molar-refractivity contribution < 1.29 is 0 Å². The molecule has 0 bridgehead atoms. The molecule has 2 aromatic rings. The van der Waals surface area contributed by atoms with Crippen LogP contribution >= 0.6 is 0 Å². The Morgan fingerprint density at radius 2 is 2.13 bits per heavy atom. The molecule has 1 heterocycles. The van der Waals surface area contributed by atoms with Crippen molar-refractivity contribution in [2.24, 2.45) is 0 Å². The Hall–Kier alpha value is -1.95. The first-order valence-corrected chi connectivity index (χ1v) is 4.81. The van der Waals surface area contributed by atoms with Gasteiger partial charge < -0.3 is 10.3 Å². The number of hydrogen-bond donors (Lipinski definition) is 2. The fourth-order valence-corrected chi connectivity index (χ4v) is 1.34. The number of hydrogen-bond acceptors (Lipinski definition) is 2. The summed E-state index contributed by atoms with van der Waals surface area (Å²) in [6, 6.07) is 7.87. The molecule has 0 radical (unpaired) electrons. The summed E-state index contributed by atoms with van der Waals surface area (Å²) in [5.41, 5.74) is 1.55. The maximum Gasteiger partial charge on any atom is 0.202 e. The maximum absolute atomic E-state index is 5.39. The van der Waals surface area contributed by atoms with Crippen molar-refractivity contribution in [3.05, 3.63) is 24.3 Å². The number of aromatic amines is 1. The first-order valence-electron chi connectivity index (χ1n) is 4.81. The number of rotatable bonds is 2. The fraction of sp³-hybridized carbons (Fsp3) is 0.250. The van der Waals surface area contributed by atoms with Gasteiger partial charge in [-0.05, 0) is 26.0 Å². The van der Waals surface area contributed by atoms with Gasteiger partial charge in [0.1, 0.15) is 0 Å². The normalized spacial score (nSPS) is 11.3. The highest BCUT2D eigenvalue weighted by atomic mass is 15.1. The summed E-state index contributed by atoms with van der Waals surface area (Å²) in [5, 5.41) is 3.15. The van der Waals surface area contributed by atoms with E-state index in [1.807, 2.05) is 38.1 Å². The number of anilines is 1. The third kappa shape index (κ3) is 1.94. The van der Waals surface area contributed by atoms with E-state index < -0.39 is 5.54 Å². The molecule has 0 saturated carbocycles. The number of nitrogens with zero attached hydrogens (tertiary/aromatic N) is 1. The molecular formula is C12H13N3. The van der Waals surface area contributed by atoms with E-state index in [9.17, 15) is 0 Å². The summed E-state index contributed by atoms with van der Waals surface area (Å²) in [5.74, 6) is 3.37. The molecular weight excluding hydrogens is 186 g/mol. The monoisotopic (exact) mass is 199 g/mol. The summed E-state index contributed by atoms with van der Waals surface area (Å²) in [7, 11) is 0. The maximum atomic E-state index is 5.39. The minimum Gasteiger partial charge on any atom is -0.340 e. The topological polar surface area (TPSA) is 40.7 Å². The molecule has 0 amide bonds. The van der Waals surface area contributed by atoms with Gasteiger partial charge in [-0.25, -0.2) is 4.98 Å². The molecule has 1 aromatic heterocycles. The highest BCUT2D eigenvalue weighted by Crippen LogP contribution is 2.16. The molecule has 0 atom stereocenters. The predicted octanol–water partition coefficient (Wildman–Crippen LogP) is 2.39. The van der Waals surface area contributed by atoms with Crippen molar-refractivity contribution in [3.8, 4) is 12.3 Å². The third-order valence-corrected chi connectivity index (χ3v) is 2.18. The highest BCUT2D eigenvalue weighted by molar-refractivity contribution is 5.77. The first kappa shape index (κ1) is 9.60. The van der Waals surface area contributed by atoms with Crippen molar-refractivity contribution >= 4 is 17.0 Å². The van der Waals surface area contributed by atoms with Crippen molar-refractivity contribution in [2.75, 3.05) is 5.32 Å². The van der Waals surface area contributed by atoms with Crippen LogP contribution in [0.25, 0.3) is 11.0 Å². The lowest BCUT2D eigenvalue weighted by Crippen LogP contribution is -2.28. The Morgan fingerprint density at radius 3 is 2.80 bits per heavy atom. The SMILES string of the molecule is C#CC(C)(C)Nc1nc2ccccc2[nH]1. The third-order valence-electron chi connectivity index (χ3n) is 2.18. The van der Waals surface area contributed by atoms with Crippen LogP contribution < -0.4 is 5.32 Å². The van der Waals surface area contributed by atoms with Gasteiger partial charge in [-0.2, -0.15) is 0 Å². The second kappa shape index (κ2) is 3.32. The average molecular weight is 199 g/mol. The predicted molar refractivity (Wildman–Crippen MR) is 62.6 cm³/mol. The zero-order valence-corrected chi connectivity index (χ0v) is 8.83. The van der Waals surface area contributed by atoms with Crippen molar-refractivity contribution in [1.82, 2.24) is 9.97 Å². The van der Waals surface area contributed by atoms with Crippen LogP contribution in [0.4, 0.5) is 5.95 Å². The van der Waals surface area contributed by atoms with E-state index in [1.165, 1.54) is 0 Å². The van der Waals surface area contributed by atoms with Gasteiger partial charge in [-0.15, -0.1) is 6.42 Å². The first-order chi connectivity index (χ1) is 7.11. The molecule has 0 saturated heterocycles. The van der Waals surface area contributed by atoms with Crippen LogP contribution in [-0.4, -0.2) is 15.5 Å². The van der Waals surface area contributed by atoms with E-state index in [0.29, 0.717) is 5.95 Å². The van der Waals surface area contributed by atoms with E-state index in [-0.39, 0.29) is 0 Å². The van der Waals surface area contributed by atoms with E-state index >= 15 is 0 Å². The molecule has 0 spiro atoms. The minimum atomic E-state index is -0.395. The second-order valence-electron chi connectivity index (χ2n) is 4.00. The summed E-state index contributed by atoms with van der Waals surface area (Å²) in [6.45, 7) is 3.86. The summed E-state index contributed by atoms with van der Waals surface area (Å²) in [4.78, 5) is 7.55. The zero-order valence-electron chi connectivity index (χ0n) is 8.83. The van der Waals surface area contributed by atoms with E-state index in [2.05, 4.69) is 21.2 Å². The van der Waals surface area contributed by atoms with Crippen LogP contribution in [0.15, 0.2) is 24.3 Å². The van der Waals surface area contributed by atoms with Crippen LogP contribution in [0, 0.1) is 12.3 Å². The summed E-state index contributed by atoms with van der Waals surface area (Å²) < 4.78 is 0. The lowest BCUT2D eigenvalue weighted by molar-refractivity contribution is 0.732. The smallest absolute Gasteiger partial charge is 0.202 e. The van der Waals surface area contributed by atoms with E-state index in [1.54, 1.807) is 0 Å². The van der Waals surface area contributed by atoms with Crippen LogP contribution in [0.1, 0.15) is 13.8 Å². The van der Waals surface area contributed by atoms with Gasteiger partial charge in [0.25, 0.3) is 0 Å². The molecule has 0 fully saturated rings. The Labute approximate surface area is 88.9 Å². The second-order valence-corrected chi connectivity index (χ2v) is 4.00. The largest absolute Gasteiger partial charge is 0.340 e. The molecule has 0 aliphatic carbocycles. The van der Waals surface area contributed by atoms with Crippen LogP contribution in [0.5, 0.6) is 0 Å². The number of nitrogens with one attached hydrogen (secondary N) is 2. The summed E-state index contributed by atoms with van der Waals surface area (Å²) in [6.07, 6.45) is 5.39. The molecule has 76 valence electrons. The summed E-state index contributed by atoms with van der Waals surface area (Å²) >= 11 is 0.